The zero-order valence-corrected chi connectivity index (χ0v) is 11.6. The first-order valence-corrected chi connectivity index (χ1v) is 8.42. The molecule has 0 unspecified atom stereocenters. The molecule has 0 fully saturated rings. The van der Waals surface area contributed by atoms with Gasteiger partial charge in [-0.25, -0.2) is 16.8 Å². The Kier molecular flexibility index (Phi) is 4.15. The van der Waals surface area contributed by atoms with Crippen LogP contribution in [0.2, 0.25) is 0 Å². The van der Waals surface area contributed by atoms with Gasteiger partial charge in [-0.05, 0) is 12.1 Å². The molecule has 11 heteroatoms. The van der Waals surface area contributed by atoms with Crippen LogP contribution in [-0.4, -0.2) is 44.8 Å². The lowest BCUT2D eigenvalue weighted by Gasteiger charge is -2.05. The Balaban J connectivity index is 3.58. The molecular weight excluding hydrogens is 314 g/mol. The maximum absolute atomic E-state index is 11.7. The molecule has 20 heavy (non-hydrogen) atoms. The molecule has 0 aromatic heterocycles. The number of benzene rings is 1. The summed E-state index contributed by atoms with van der Waals surface area (Å²) in [5.74, 6) is -3.00. The summed E-state index contributed by atoms with van der Waals surface area (Å²) in [5.41, 5.74) is -0.978. The number of hydrogen-bond donors (Lipinski definition) is 1. The number of nitrogens with zero attached hydrogens (tertiary/aromatic N) is 1. The van der Waals surface area contributed by atoms with Gasteiger partial charge in [0.1, 0.15) is 4.90 Å². The largest absolute Gasteiger partial charge is 0.480 e. The number of aliphatic carboxylic acids is 1. The van der Waals surface area contributed by atoms with Crippen molar-refractivity contribution in [3.8, 4) is 0 Å². The predicted octanol–water partition coefficient (Wildman–Crippen LogP) is -0.143. The molecule has 0 saturated heterocycles. The molecule has 0 spiro atoms. The predicted molar refractivity (Wildman–Crippen MR) is 65.9 cm³/mol. The van der Waals surface area contributed by atoms with Crippen LogP contribution >= 0.6 is 0 Å². The molecule has 0 aliphatic rings. The minimum absolute atomic E-state index is 0.432. The first-order valence-electron chi connectivity index (χ1n) is 4.88. The average Bonchev–Trinajstić information content (AvgIpc) is 2.25. The summed E-state index contributed by atoms with van der Waals surface area (Å²) in [6.45, 7) is 0. The van der Waals surface area contributed by atoms with Crippen LogP contribution in [0.3, 0.4) is 0 Å². The molecule has 9 nitrogen and oxygen atoms in total. The Labute approximate surface area is 113 Å². The maximum Gasteiger partial charge on any atom is 0.319 e. The molecule has 0 saturated carbocycles. The van der Waals surface area contributed by atoms with Gasteiger partial charge in [-0.15, -0.1) is 0 Å². The fraction of sp³-hybridized carbons (Fsp3) is 0.222. The maximum atomic E-state index is 11.7. The van der Waals surface area contributed by atoms with E-state index in [-0.39, 0.29) is 0 Å². The highest BCUT2D eigenvalue weighted by atomic mass is 32.2. The summed E-state index contributed by atoms with van der Waals surface area (Å²) in [6, 6.07) is 2.17. The van der Waals surface area contributed by atoms with E-state index in [0.717, 1.165) is 12.3 Å². The van der Waals surface area contributed by atoms with Gasteiger partial charge in [0, 0.05) is 12.3 Å². The third kappa shape index (κ3) is 3.51. The normalized spacial score (nSPS) is 12.1. The SMILES string of the molecule is CS(=O)(=O)c1ccc(S(=O)(=O)CC(=O)O)c([N+](=O)[O-])c1. The van der Waals surface area contributed by atoms with Crippen LogP contribution in [0.1, 0.15) is 0 Å². The Morgan fingerprint density at radius 3 is 2.25 bits per heavy atom. The third-order valence-electron chi connectivity index (χ3n) is 2.20. The van der Waals surface area contributed by atoms with Crippen LogP contribution in [0.5, 0.6) is 0 Å². The van der Waals surface area contributed by atoms with Crippen molar-refractivity contribution in [2.45, 2.75) is 9.79 Å². The van der Waals surface area contributed by atoms with E-state index in [4.69, 9.17) is 5.11 Å². The topological polar surface area (TPSA) is 149 Å². The van der Waals surface area contributed by atoms with E-state index < -0.39 is 51.8 Å². The van der Waals surface area contributed by atoms with Crippen LogP contribution in [0.15, 0.2) is 28.0 Å². The highest BCUT2D eigenvalue weighted by Gasteiger charge is 2.29. The Bertz CT molecular complexity index is 778. The summed E-state index contributed by atoms with van der Waals surface area (Å²) in [7, 11) is -8.19. The molecule has 1 aromatic rings. The average molecular weight is 323 g/mol. The van der Waals surface area contributed by atoms with E-state index in [2.05, 4.69) is 0 Å². The van der Waals surface area contributed by atoms with Gasteiger partial charge in [0.25, 0.3) is 5.69 Å². The number of carbonyl (C=O) groups is 1. The van der Waals surface area contributed by atoms with E-state index in [1.807, 2.05) is 0 Å². The minimum atomic E-state index is -4.43. The summed E-state index contributed by atoms with van der Waals surface area (Å²) >= 11 is 0. The van der Waals surface area contributed by atoms with Crippen LogP contribution < -0.4 is 0 Å². The van der Waals surface area contributed by atoms with Crippen molar-refractivity contribution < 1.29 is 31.7 Å². The highest BCUT2D eigenvalue weighted by molar-refractivity contribution is 7.92. The van der Waals surface area contributed by atoms with Gasteiger partial charge in [0.05, 0.1) is 9.82 Å². The number of nitro groups is 1. The fourth-order valence-corrected chi connectivity index (χ4v) is 3.22. The number of sulfone groups is 2. The Morgan fingerprint density at radius 2 is 1.85 bits per heavy atom. The van der Waals surface area contributed by atoms with Crippen LogP contribution in [0, 0.1) is 10.1 Å². The van der Waals surface area contributed by atoms with E-state index >= 15 is 0 Å². The van der Waals surface area contributed by atoms with E-state index in [9.17, 15) is 31.7 Å². The minimum Gasteiger partial charge on any atom is -0.480 e. The second kappa shape index (κ2) is 5.17. The van der Waals surface area contributed by atoms with Crippen LogP contribution in [0.25, 0.3) is 0 Å². The quantitative estimate of drug-likeness (QED) is 0.581. The Hall–Kier alpha value is -2.01. The molecule has 1 rings (SSSR count). The molecule has 0 bridgehead atoms. The van der Waals surface area contributed by atoms with Crippen molar-refractivity contribution >= 4 is 31.3 Å². The standard InChI is InChI=1S/C9H9NO8S2/c1-19(15,16)6-2-3-8(7(4-6)10(13)14)20(17,18)5-9(11)12/h2-4H,5H2,1H3,(H,11,12). The fourth-order valence-electron chi connectivity index (χ4n) is 1.37. The number of carboxylic acids is 1. The first-order chi connectivity index (χ1) is 8.95. The van der Waals surface area contributed by atoms with Gasteiger partial charge in [0.2, 0.25) is 0 Å². The monoisotopic (exact) mass is 323 g/mol. The van der Waals surface area contributed by atoms with Crippen molar-refractivity contribution in [1.29, 1.82) is 0 Å². The smallest absolute Gasteiger partial charge is 0.319 e. The van der Waals surface area contributed by atoms with Gasteiger partial charge in [0.15, 0.2) is 25.4 Å². The zero-order valence-electron chi connectivity index (χ0n) is 10.0. The first kappa shape index (κ1) is 16.0. The third-order valence-corrected chi connectivity index (χ3v) is 4.96. The summed E-state index contributed by atoms with van der Waals surface area (Å²) in [6.07, 6.45) is 0.803. The summed E-state index contributed by atoms with van der Waals surface area (Å²) < 4.78 is 45.9. The lowest BCUT2D eigenvalue weighted by Crippen LogP contribution is -2.17. The van der Waals surface area contributed by atoms with Crippen LogP contribution in [-0.2, 0) is 24.5 Å². The number of carboxylic acid groups (broad SMARTS) is 1. The zero-order chi connectivity index (χ0) is 15.7. The number of rotatable bonds is 5. The molecule has 0 atom stereocenters. The Morgan fingerprint density at radius 1 is 1.30 bits per heavy atom. The molecule has 1 aromatic carbocycles. The highest BCUT2D eigenvalue weighted by Crippen LogP contribution is 2.27. The van der Waals surface area contributed by atoms with E-state index in [1.54, 1.807) is 0 Å². The molecule has 0 aliphatic heterocycles. The second-order valence-corrected chi connectivity index (χ2v) is 7.79. The van der Waals surface area contributed by atoms with Gasteiger partial charge < -0.3 is 5.11 Å². The van der Waals surface area contributed by atoms with Gasteiger partial charge in [-0.3, -0.25) is 14.9 Å². The van der Waals surface area contributed by atoms with Crippen molar-refractivity contribution in [2.75, 3.05) is 12.0 Å². The van der Waals surface area contributed by atoms with E-state index in [0.29, 0.717) is 12.1 Å². The van der Waals surface area contributed by atoms with Crippen LogP contribution in [0.4, 0.5) is 5.69 Å². The number of hydrogen-bond acceptors (Lipinski definition) is 7. The van der Waals surface area contributed by atoms with Crippen molar-refractivity contribution in [3.05, 3.63) is 28.3 Å². The molecule has 0 radical (unpaired) electrons. The second-order valence-electron chi connectivity index (χ2n) is 3.81. The molecule has 0 aliphatic carbocycles. The number of nitro benzene ring substituents is 1. The molecule has 110 valence electrons. The molecule has 1 N–H and O–H groups in total. The lowest BCUT2D eigenvalue weighted by molar-refractivity contribution is -0.388. The van der Waals surface area contributed by atoms with Crippen molar-refractivity contribution in [3.63, 3.8) is 0 Å². The van der Waals surface area contributed by atoms with Crippen molar-refractivity contribution in [2.24, 2.45) is 0 Å². The molecule has 0 heterocycles. The van der Waals surface area contributed by atoms with Crippen molar-refractivity contribution in [1.82, 2.24) is 0 Å². The van der Waals surface area contributed by atoms with Gasteiger partial charge in [-0.1, -0.05) is 0 Å². The van der Waals surface area contributed by atoms with Gasteiger partial charge in [-0.2, -0.15) is 0 Å². The molecular formula is C9H9NO8S2. The van der Waals surface area contributed by atoms with E-state index in [1.165, 1.54) is 0 Å². The van der Waals surface area contributed by atoms with Gasteiger partial charge >= 0.3 is 5.97 Å². The lowest BCUT2D eigenvalue weighted by atomic mass is 10.3. The summed E-state index contributed by atoms with van der Waals surface area (Å²) in [5, 5.41) is 19.3. The molecule has 0 amide bonds. The summed E-state index contributed by atoms with van der Waals surface area (Å²) in [4.78, 5) is 18.9.